The Morgan fingerprint density at radius 3 is 2.54 bits per heavy atom. The minimum atomic E-state index is 1.12. The Kier molecular flexibility index (Phi) is 2.04. The average Bonchev–Trinajstić information content (AvgIpc) is 2.20. The van der Waals surface area contributed by atoms with E-state index in [0.29, 0.717) is 0 Å². The number of hydrogen-bond acceptors (Lipinski definition) is 2. The fourth-order valence-corrected chi connectivity index (χ4v) is 1.29. The van der Waals surface area contributed by atoms with Crippen LogP contribution in [0.3, 0.4) is 0 Å². The van der Waals surface area contributed by atoms with Crippen molar-refractivity contribution in [2.45, 2.75) is 6.92 Å². The monoisotopic (exact) mass is 170 g/mol. The molecule has 2 heterocycles. The van der Waals surface area contributed by atoms with Gasteiger partial charge in [0, 0.05) is 35.9 Å². The van der Waals surface area contributed by atoms with Gasteiger partial charge >= 0.3 is 0 Å². The Morgan fingerprint density at radius 1 is 1.00 bits per heavy atom. The quantitative estimate of drug-likeness (QED) is 0.657. The molecule has 0 saturated heterocycles. The molecule has 0 bridgehead atoms. The van der Waals surface area contributed by atoms with Crippen molar-refractivity contribution in [2.24, 2.45) is 0 Å². The number of aryl methyl sites for hydroxylation is 1. The molecular weight excluding hydrogens is 160 g/mol. The molecule has 0 spiro atoms. The molecule has 0 amide bonds. The highest BCUT2D eigenvalue weighted by molar-refractivity contribution is 5.64. The van der Waals surface area contributed by atoms with E-state index < -0.39 is 0 Å². The molecule has 0 radical (unpaired) electrons. The molecule has 2 rings (SSSR count). The van der Waals surface area contributed by atoms with Gasteiger partial charge in [-0.2, -0.15) is 0 Å². The standard InChI is InChI=1S/C11H10N2/c1-9-4-6-13-8-11(9)10-3-2-5-12-7-10/h2-8H,1H3. The topological polar surface area (TPSA) is 25.8 Å². The van der Waals surface area contributed by atoms with Crippen LogP contribution in [0.2, 0.25) is 0 Å². The molecule has 2 aromatic rings. The van der Waals surface area contributed by atoms with E-state index in [1.54, 1.807) is 12.4 Å². The lowest BCUT2D eigenvalue weighted by molar-refractivity contribution is 1.27. The van der Waals surface area contributed by atoms with Crippen molar-refractivity contribution in [3.8, 4) is 11.1 Å². The zero-order valence-electron chi connectivity index (χ0n) is 7.44. The second-order valence-electron chi connectivity index (χ2n) is 2.93. The predicted octanol–water partition coefficient (Wildman–Crippen LogP) is 2.45. The van der Waals surface area contributed by atoms with Crippen LogP contribution in [0, 0.1) is 6.92 Å². The summed E-state index contributed by atoms with van der Waals surface area (Å²) in [5.41, 5.74) is 3.49. The van der Waals surface area contributed by atoms with E-state index in [-0.39, 0.29) is 0 Å². The van der Waals surface area contributed by atoms with Gasteiger partial charge in [0.1, 0.15) is 0 Å². The summed E-state index contributed by atoms with van der Waals surface area (Å²) in [6.45, 7) is 2.07. The van der Waals surface area contributed by atoms with Crippen LogP contribution in [-0.2, 0) is 0 Å². The van der Waals surface area contributed by atoms with Crippen LogP contribution in [0.4, 0.5) is 0 Å². The minimum Gasteiger partial charge on any atom is -0.264 e. The summed E-state index contributed by atoms with van der Waals surface area (Å²) in [5.74, 6) is 0. The van der Waals surface area contributed by atoms with E-state index in [1.165, 1.54) is 5.56 Å². The van der Waals surface area contributed by atoms with Gasteiger partial charge in [-0.05, 0) is 24.6 Å². The van der Waals surface area contributed by atoms with Crippen LogP contribution in [0.5, 0.6) is 0 Å². The highest BCUT2D eigenvalue weighted by Crippen LogP contribution is 2.20. The minimum absolute atomic E-state index is 1.12. The lowest BCUT2D eigenvalue weighted by Gasteiger charge is -2.02. The summed E-state index contributed by atoms with van der Waals surface area (Å²) in [6, 6.07) is 5.97. The number of nitrogens with zero attached hydrogens (tertiary/aromatic N) is 2. The van der Waals surface area contributed by atoms with Gasteiger partial charge in [-0.15, -0.1) is 0 Å². The molecule has 2 heteroatoms. The lowest BCUT2D eigenvalue weighted by Crippen LogP contribution is -1.84. The van der Waals surface area contributed by atoms with E-state index in [0.717, 1.165) is 11.1 Å². The second-order valence-corrected chi connectivity index (χ2v) is 2.93. The molecule has 0 unspecified atom stereocenters. The smallest absolute Gasteiger partial charge is 0.0349 e. The first kappa shape index (κ1) is 7.92. The maximum atomic E-state index is 4.09. The van der Waals surface area contributed by atoms with Gasteiger partial charge < -0.3 is 0 Å². The largest absolute Gasteiger partial charge is 0.264 e. The first-order valence-corrected chi connectivity index (χ1v) is 4.19. The molecule has 0 fully saturated rings. The Balaban J connectivity index is 2.54. The summed E-state index contributed by atoms with van der Waals surface area (Å²) >= 11 is 0. The molecule has 0 aliphatic heterocycles. The van der Waals surface area contributed by atoms with Crippen molar-refractivity contribution in [3.63, 3.8) is 0 Å². The van der Waals surface area contributed by atoms with Crippen LogP contribution in [-0.4, -0.2) is 9.97 Å². The van der Waals surface area contributed by atoms with Gasteiger partial charge in [0.05, 0.1) is 0 Å². The van der Waals surface area contributed by atoms with Crippen LogP contribution in [0.1, 0.15) is 5.56 Å². The third-order valence-corrected chi connectivity index (χ3v) is 2.01. The molecule has 0 aromatic carbocycles. The van der Waals surface area contributed by atoms with E-state index in [1.807, 2.05) is 30.6 Å². The molecule has 0 saturated carbocycles. The fraction of sp³-hybridized carbons (Fsp3) is 0.0909. The molecule has 0 aliphatic carbocycles. The maximum Gasteiger partial charge on any atom is 0.0349 e. The SMILES string of the molecule is Cc1ccncc1-c1cccnc1. The van der Waals surface area contributed by atoms with Gasteiger partial charge in [-0.1, -0.05) is 6.07 Å². The first-order valence-electron chi connectivity index (χ1n) is 4.19. The normalized spacial score (nSPS) is 9.92. The average molecular weight is 170 g/mol. The van der Waals surface area contributed by atoms with Crippen molar-refractivity contribution in [3.05, 3.63) is 48.5 Å². The molecule has 2 aromatic heterocycles. The van der Waals surface area contributed by atoms with Crippen LogP contribution < -0.4 is 0 Å². The number of pyridine rings is 2. The molecule has 0 aliphatic rings. The van der Waals surface area contributed by atoms with Crippen molar-refractivity contribution >= 4 is 0 Å². The Morgan fingerprint density at radius 2 is 1.85 bits per heavy atom. The first-order chi connectivity index (χ1) is 6.38. The van der Waals surface area contributed by atoms with Crippen molar-refractivity contribution in [2.75, 3.05) is 0 Å². The molecule has 64 valence electrons. The van der Waals surface area contributed by atoms with E-state index >= 15 is 0 Å². The summed E-state index contributed by atoms with van der Waals surface area (Å²) in [5, 5.41) is 0. The fourth-order valence-electron chi connectivity index (χ4n) is 1.29. The van der Waals surface area contributed by atoms with Crippen molar-refractivity contribution < 1.29 is 0 Å². The summed E-state index contributed by atoms with van der Waals surface area (Å²) < 4.78 is 0. The van der Waals surface area contributed by atoms with Gasteiger partial charge in [0.25, 0.3) is 0 Å². The summed E-state index contributed by atoms with van der Waals surface area (Å²) in [4.78, 5) is 8.17. The third-order valence-electron chi connectivity index (χ3n) is 2.01. The number of hydrogen-bond donors (Lipinski definition) is 0. The van der Waals surface area contributed by atoms with E-state index in [4.69, 9.17) is 0 Å². The van der Waals surface area contributed by atoms with Crippen LogP contribution >= 0.6 is 0 Å². The highest BCUT2D eigenvalue weighted by atomic mass is 14.6. The summed E-state index contributed by atoms with van der Waals surface area (Å²) in [7, 11) is 0. The van der Waals surface area contributed by atoms with Crippen molar-refractivity contribution in [1.29, 1.82) is 0 Å². The van der Waals surface area contributed by atoms with Gasteiger partial charge in [0.15, 0.2) is 0 Å². The van der Waals surface area contributed by atoms with Crippen LogP contribution in [0.15, 0.2) is 43.0 Å². The number of rotatable bonds is 1. The van der Waals surface area contributed by atoms with Gasteiger partial charge in [0.2, 0.25) is 0 Å². The zero-order chi connectivity index (χ0) is 9.10. The molecular formula is C11H10N2. The molecule has 0 N–H and O–H groups in total. The Hall–Kier alpha value is -1.70. The Labute approximate surface area is 77.3 Å². The van der Waals surface area contributed by atoms with Gasteiger partial charge in [-0.25, -0.2) is 0 Å². The number of aromatic nitrogens is 2. The predicted molar refractivity (Wildman–Crippen MR) is 52.2 cm³/mol. The molecule has 0 atom stereocenters. The van der Waals surface area contributed by atoms with Gasteiger partial charge in [-0.3, -0.25) is 9.97 Å². The molecule has 2 nitrogen and oxygen atoms in total. The van der Waals surface area contributed by atoms with Crippen molar-refractivity contribution in [1.82, 2.24) is 9.97 Å². The third kappa shape index (κ3) is 1.56. The van der Waals surface area contributed by atoms with E-state index in [9.17, 15) is 0 Å². The van der Waals surface area contributed by atoms with Crippen LogP contribution in [0.25, 0.3) is 11.1 Å². The second kappa shape index (κ2) is 3.35. The van der Waals surface area contributed by atoms with E-state index in [2.05, 4.69) is 16.9 Å². The highest BCUT2D eigenvalue weighted by Gasteiger charge is 1.99. The summed E-state index contributed by atoms with van der Waals surface area (Å²) in [6.07, 6.45) is 7.29. The zero-order valence-corrected chi connectivity index (χ0v) is 7.44. The Bertz CT molecular complexity index is 396. The lowest BCUT2D eigenvalue weighted by atomic mass is 10.1. The maximum absolute atomic E-state index is 4.09. The molecule has 13 heavy (non-hydrogen) atoms.